The number of hydrogen-bond donors (Lipinski definition) is 2. The molecule has 0 aromatic heterocycles. The van der Waals surface area contributed by atoms with Gasteiger partial charge in [0, 0.05) is 37.7 Å². The summed E-state index contributed by atoms with van der Waals surface area (Å²) in [7, 11) is 1.63. The molecule has 1 spiro atoms. The van der Waals surface area contributed by atoms with Crippen LogP contribution >= 0.6 is 0 Å². The van der Waals surface area contributed by atoms with E-state index in [0.717, 1.165) is 5.56 Å². The Hall–Kier alpha value is -2.73. The first-order valence-electron chi connectivity index (χ1n) is 16.0. The van der Waals surface area contributed by atoms with Crippen LogP contribution in [0, 0.1) is 23.2 Å². The Labute approximate surface area is 265 Å². The van der Waals surface area contributed by atoms with E-state index in [4.69, 9.17) is 28.4 Å². The molecule has 252 valence electrons. The van der Waals surface area contributed by atoms with Gasteiger partial charge in [0.25, 0.3) is 0 Å². The summed E-state index contributed by atoms with van der Waals surface area (Å²) in [5, 5.41) is 21.9. The number of methoxy groups -OCH3 is 1. The van der Waals surface area contributed by atoms with Gasteiger partial charge >= 0.3 is 17.9 Å². The van der Waals surface area contributed by atoms with Crippen LogP contribution in [0.2, 0.25) is 0 Å². The number of ether oxygens (including phenoxy) is 6. The number of carbonyl (C=O) groups is 3. The van der Waals surface area contributed by atoms with E-state index in [1.165, 1.54) is 6.92 Å². The molecule has 3 unspecified atom stereocenters. The minimum Gasteiger partial charge on any atom is -0.508 e. The molecule has 4 rings (SSSR count). The Balaban J connectivity index is 1.66. The Morgan fingerprint density at radius 3 is 2.44 bits per heavy atom. The van der Waals surface area contributed by atoms with Gasteiger partial charge in [-0.05, 0) is 49.8 Å². The van der Waals surface area contributed by atoms with Crippen LogP contribution in [0.15, 0.2) is 24.3 Å². The number of rotatable bonds is 8. The zero-order chi connectivity index (χ0) is 33.3. The van der Waals surface area contributed by atoms with Crippen molar-refractivity contribution in [1.82, 2.24) is 0 Å². The maximum Gasteiger partial charge on any atom is 0.311 e. The average Bonchev–Trinajstić information content (AvgIpc) is 2.92. The third kappa shape index (κ3) is 7.64. The third-order valence-electron chi connectivity index (χ3n) is 10.0. The molecule has 0 amide bonds. The van der Waals surface area contributed by atoms with E-state index in [2.05, 4.69) is 6.92 Å². The van der Waals surface area contributed by atoms with Crippen LogP contribution in [0.3, 0.4) is 0 Å². The minimum absolute atomic E-state index is 0.0604. The molecule has 3 fully saturated rings. The predicted molar refractivity (Wildman–Crippen MR) is 161 cm³/mol. The second kappa shape index (κ2) is 13.6. The standard InChI is InChI=1S/C34H50O11/c1-19(12-13-26(40-8)24-10-9-11-25(36)14-24)31-21(3)28-17-34(44-31)32(6,7)16-20(2)33(39,45-34)18-30(38)42-27(15-29(37)43-28)22(4)41-23(5)35/h9-11,14,19-22,26-28,31,36,39H,12-13,15-18H2,1-8H3/t19?,20-,21+,22?,26?,27-,28+,31-,33+,34+/m1/s1. The Bertz CT molecular complexity index is 1230. The van der Waals surface area contributed by atoms with Crippen LogP contribution in [0.25, 0.3) is 0 Å². The molecule has 2 N–H and O–H groups in total. The molecule has 3 aliphatic rings. The summed E-state index contributed by atoms with van der Waals surface area (Å²) < 4.78 is 36.2. The molecule has 45 heavy (non-hydrogen) atoms. The van der Waals surface area contributed by atoms with E-state index in [1.807, 2.05) is 33.8 Å². The molecule has 3 bridgehead atoms. The van der Waals surface area contributed by atoms with Crippen LogP contribution in [0.4, 0.5) is 0 Å². The van der Waals surface area contributed by atoms with E-state index in [-0.39, 0.29) is 36.5 Å². The quantitative estimate of drug-likeness (QED) is 0.295. The number of aliphatic hydroxyl groups is 1. The maximum absolute atomic E-state index is 13.4. The van der Waals surface area contributed by atoms with Gasteiger partial charge in [0.1, 0.15) is 24.1 Å². The molecule has 1 aromatic carbocycles. The van der Waals surface area contributed by atoms with Crippen molar-refractivity contribution in [3.63, 3.8) is 0 Å². The van der Waals surface area contributed by atoms with Crippen molar-refractivity contribution in [2.24, 2.45) is 23.2 Å². The molecular weight excluding hydrogens is 584 g/mol. The van der Waals surface area contributed by atoms with Crippen molar-refractivity contribution in [3.8, 4) is 5.75 Å². The highest BCUT2D eigenvalue weighted by molar-refractivity contribution is 5.74. The molecule has 10 atom stereocenters. The Morgan fingerprint density at radius 1 is 1.09 bits per heavy atom. The monoisotopic (exact) mass is 634 g/mol. The van der Waals surface area contributed by atoms with Crippen molar-refractivity contribution < 1.29 is 53.0 Å². The summed E-state index contributed by atoms with van der Waals surface area (Å²) in [6, 6.07) is 6.99. The topological polar surface area (TPSA) is 147 Å². The molecule has 11 heteroatoms. The van der Waals surface area contributed by atoms with Gasteiger partial charge in [0.2, 0.25) is 0 Å². The lowest BCUT2D eigenvalue weighted by Gasteiger charge is -2.61. The number of esters is 3. The average molecular weight is 635 g/mol. The van der Waals surface area contributed by atoms with E-state index in [9.17, 15) is 24.6 Å². The number of benzene rings is 1. The SMILES string of the molecule is COC(CCC(C)[C@H]1O[C@@]23C[C@H](OC(=O)C[C@H](C(C)OC(C)=O)OC(=O)C[C@](O)(O2)[C@H](C)CC3(C)C)[C@@H]1C)c1cccc(O)c1. The van der Waals surface area contributed by atoms with E-state index >= 15 is 0 Å². The van der Waals surface area contributed by atoms with Crippen LogP contribution < -0.4 is 0 Å². The summed E-state index contributed by atoms with van der Waals surface area (Å²) in [4.78, 5) is 38.3. The number of phenolic OH excluding ortho intramolecular Hbond substituents is 1. The molecule has 11 nitrogen and oxygen atoms in total. The highest BCUT2D eigenvalue weighted by Gasteiger charge is 2.64. The molecule has 3 saturated heterocycles. The minimum atomic E-state index is -1.92. The molecule has 3 aliphatic heterocycles. The van der Waals surface area contributed by atoms with Crippen LogP contribution in [-0.2, 0) is 42.8 Å². The summed E-state index contributed by atoms with van der Waals surface area (Å²) in [5.41, 5.74) is 0.235. The van der Waals surface area contributed by atoms with Gasteiger partial charge in [0.05, 0.1) is 25.0 Å². The highest BCUT2D eigenvalue weighted by atomic mass is 16.8. The van der Waals surface area contributed by atoms with Gasteiger partial charge in [0.15, 0.2) is 11.6 Å². The van der Waals surface area contributed by atoms with E-state index in [1.54, 1.807) is 32.2 Å². The summed E-state index contributed by atoms with van der Waals surface area (Å²) >= 11 is 0. The van der Waals surface area contributed by atoms with Crippen LogP contribution in [-0.4, -0.2) is 71.2 Å². The van der Waals surface area contributed by atoms with Crippen molar-refractivity contribution >= 4 is 17.9 Å². The third-order valence-corrected chi connectivity index (χ3v) is 10.0. The summed E-state index contributed by atoms with van der Waals surface area (Å²) in [6.45, 7) is 12.6. The van der Waals surface area contributed by atoms with Crippen LogP contribution in [0.5, 0.6) is 5.75 Å². The Morgan fingerprint density at radius 2 is 1.80 bits per heavy atom. The fourth-order valence-corrected chi connectivity index (χ4v) is 7.30. The van der Waals surface area contributed by atoms with Crippen LogP contribution in [0.1, 0.15) is 98.7 Å². The maximum atomic E-state index is 13.4. The number of carbonyl (C=O) groups excluding carboxylic acids is 3. The fourth-order valence-electron chi connectivity index (χ4n) is 7.30. The zero-order valence-electron chi connectivity index (χ0n) is 27.7. The molecular formula is C34H50O11. The molecule has 0 saturated carbocycles. The van der Waals surface area contributed by atoms with Gasteiger partial charge in [-0.2, -0.15) is 0 Å². The number of fused-ring (bicyclic) bond motifs is 2. The van der Waals surface area contributed by atoms with Gasteiger partial charge < -0.3 is 38.6 Å². The van der Waals surface area contributed by atoms with Crippen molar-refractivity contribution in [2.45, 2.75) is 129 Å². The molecule has 1 aromatic rings. The largest absolute Gasteiger partial charge is 0.508 e. The van der Waals surface area contributed by atoms with Crippen molar-refractivity contribution in [2.75, 3.05) is 7.11 Å². The second-order valence-corrected chi connectivity index (χ2v) is 14.0. The highest BCUT2D eigenvalue weighted by Crippen LogP contribution is 2.57. The lowest BCUT2D eigenvalue weighted by Crippen LogP contribution is -2.68. The van der Waals surface area contributed by atoms with Gasteiger partial charge in [-0.1, -0.05) is 46.8 Å². The van der Waals surface area contributed by atoms with Gasteiger partial charge in [-0.25, -0.2) is 0 Å². The number of phenols is 1. The number of hydrogen-bond acceptors (Lipinski definition) is 11. The summed E-state index contributed by atoms with van der Waals surface area (Å²) in [5.74, 6) is -5.87. The lowest BCUT2D eigenvalue weighted by atomic mass is 9.66. The fraction of sp³-hybridized carbons (Fsp3) is 0.735. The number of cyclic esters (lactones) is 1. The first-order chi connectivity index (χ1) is 21.0. The van der Waals surface area contributed by atoms with E-state index < -0.39 is 71.7 Å². The molecule has 0 radical (unpaired) electrons. The summed E-state index contributed by atoms with van der Waals surface area (Å²) in [6.07, 6.45) is -2.24. The van der Waals surface area contributed by atoms with E-state index in [0.29, 0.717) is 19.3 Å². The molecule has 3 heterocycles. The van der Waals surface area contributed by atoms with Crippen molar-refractivity contribution in [3.05, 3.63) is 29.8 Å². The number of aromatic hydroxyl groups is 1. The predicted octanol–water partition coefficient (Wildman–Crippen LogP) is 4.96. The Kier molecular flexibility index (Phi) is 10.6. The zero-order valence-corrected chi connectivity index (χ0v) is 27.7. The first kappa shape index (κ1) is 35.1. The normalized spacial score (nSPS) is 35.4. The first-order valence-corrected chi connectivity index (χ1v) is 16.0. The van der Waals surface area contributed by atoms with Crippen molar-refractivity contribution in [1.29, 1.82) is 0 Å². The lowest BCUT2D eigenvalue weighted by molar-refractivity contribution is -0.452. The molecule has 0 aliphatic carbocycles. The smallest absolute Gasteiger partial charge is 0.311 e. The second-order valence-electron chi connectivity index (χ2n) is 14.0. The van der Waals surface area contributed by atoms with Gasteiger partial charge in [-0.3, -0.25) is 14.4 Å². The van der Waals surface area contributed by atoms with Gasteiger partial charge in [-0.15, -0.1) is 0 Å².